The number of rotatable bonds is 4. The molecule has 6 heteroatoms. The van der Waals surface area contributed by atoms with E-state index >= 15 is 0 Å². The monoisotopic (exact) mass is 385 g/mol. The highest BCUT2D eigenvalue weighted by atomic mass is 79.9. The van der Waals surface area contributed by atoms with Gasteiger partial charge in [0, 0.05) is 41.2 Å². The molecule has 0 unspecified atom stereocenters. The summed E-state index contributed by atoms with van der Waals surface area (Å²) in [6, 6.07) is 8.76. The van der Waals surface area contributed by atoms with Gasteiger partial charge in [-0.2, -0.15) is 0 Å². The summed E-state index contributed by atoms with van der Waals surface area (Å²) >= 11 is 11.2. The summed E-state index contributed by atoms with van der Waals surface area (Å²) in [7, 11) is 0. The number of hydrogen-bond acceptors (Lipinski definition) is 4. The summed E-state index contributed by atoms with van der Waals surface area (Å²) in [5, 5.41) is 3.63. The van der Waals surface area contributed by atoms with Crippen LogP contribution >= 0.6 is 38.9 Å². The molecule has 0 bridgehead atoms. The van der Waals surface area contributed by atoms with Gasteiger partial charge >= 0.3 is 0 Å². The Morgan fingerprint density at radius 2 is 2.19 bits per heavy atom. The van der Waals surface area contributed by atoms with Gasteiger partial charge in [-0.05, 0) is 47.0 Å². The third-order valence-electron chi connectivity index (χ3n) is 3.73. The van der Waals surface area contributed by atoms with Crippen LogP contribution in [0.3, 0.4) is 0 Å². The first-order valence-electron chi connectivity index (χ1n) is 7.05. The molecule has 1 aliphatic rings. The molecule has 1 fully saturated rings. The van der Waals surface area contributed by atoms with Crippen LogP contribution < -0.4 is 10.2 Å². The number of aromatic nitrogens is 1. The summed E-state index contributed by atoms with van der Waals surface area (Å²) in [4.78, 5) is 8.06. The van der Waals surface area contributed by atoms with Crippen molar-refractivity contribution in [2.45, 2.75) is 25.4 Å². The van der Waals surface area contributed by atoms with Crippen molar-refractivity contribution in [2.75, 3.05) is 18.0 Å². The molecular formula is C15H17BrClN3S. The summed E-state index contributed by atoms with van der Waals surface area (Å²) in [6.45, 7) is 3.01. The Kier molecular flexibility index (Phi) is 5.16. The fourth-order valence-electron chi connectivity index (χ4n) is 2.58. The predicted octanol–water partition coefficient (Wildman–Crippen LogP) is 4.32. The molecule has 3 heterocycles. The highest BCUT2D eigenvalue weighted by Gasteiger charge is 2.19. The van der Waals surface area contributed by atoms with Crippen molar-refractivity contribution in [2.24, 2.45) is 0 Å². The molecule has 1 N–H and O–H groups in total. The Labute approximate surface area is 142 Å². The number of piperidine rings is 1. The smallest absolute Gasteiger partial charge is 0.128 e. The van der Waals surface area contributed by atoms with Gasteiger partial charge in [-0.3, -0.25) is 0 Å². The van der Waals surface area contributed by atoms with E-state index in [1.165, 1.54) is 4.88 Å². The van der Waals surface area contributed by atoms with Crippen LogP contribution in [-0.4, -0.2) is 24.1 Å². The van der Waals surface area contributed by atoms with Crippen molar-refractivity contribution in [3.8, 4) is 0 Å². The molecular weight excluding hydrogens is 370 g/mol. The minimum Gasteiger partial charge on any atom is -0.357 e. The first-order chi connectivity index (χ1) is 10.2. The van der Waals surface area contributed by atoms with Gasteiger partial charge in [0.15, 0.2) is 0 Å². The molecule has 2 aromatic rings. The van der Waals surface area contributed by atoms with E-state index in [4.69, 9.17) is 11.6 Å². The van der Waals surface area contributed by atoms with Crippen LogP contribution in [-0.2, 0) is 6.54 Å². The molecule has 0 aliphatic carbocycles. The van der Waals surface area contributed by atoms with Crippen LogP contribution in [0.5, 0.6) is 0 Å². The molecule has 1 aliphatic heterocycles. The Morgan fingerprint density at radius 3 is 2.81 bits per heavy atom. The van der Waals surface area contributed by atoms with Crippen LogP contribution in [0.25, 0.3) is 0 Å². The van der Waals surface area contributed by atoms with Crippen LogP contribution in [0.1, 0.15) is 17.7 Å². The van der Waals surface area contributed by atoms with Gasteiger partial charge in [0.2, 0.25) is 0 Å². The molecule has 0 radical (unpaired) electrons. The Morgan fingerprint density at radius 1 is 1.38 bits per heavy atom. The molecule has 21 heavy (non-hydrogen) atoms. The molecule has 112 valence electrons. The molecule has 3 rings (SSSR count). The van der Waals surface area contributed by atoms with E-state index < -0.39 is 0 Å². The van der Waals surface area contributed by atoms with E-state index in [1.807, 2.05) is 18.3 Å². The van der Waals surface area contributed by atoms with Crippen molar-refractivity contribution in [3.05, 3.63) is 44.1 Å². The van der Waals surface area contributed by atoms with Crippen molar-refractivity contribution >= 4 is 44.7 Å². The van der Waals surface area contributed by atoms with Crippen molar-refractivity contribution in [1.29, 1.82) is 0 Å². The van der Waals surface area contributed by atoms with Gasteiger partial charge < -0.3 is 10.2 Å². The second kappa shape index (κ2) is 7.09. The van der Waals surface area contributed by atoms with Gasteiger partial charge in [0.25, 0.3) is 0 Å². The van der Waals surface area contributed by atoms with E-state index in [9.17, 15) is 0 Å². The van der Waals surface area contributed by atoms with E-state index in [1.54, 1.807) is 11.3 Å². The van der Waals surface area contributed by atoms with Gasteiger partial charge in [0.1, 0.15) is 10.2 Å². The third-order valence-corrected chi connectivity index (χ3v) is 6.20. The zero-order valence-corrected chi connectivity index (χ0v) is 14.7. The maximum Gasteiger partial charge on any atom is 0.128 e. The minimum atomic E-state index is 0.574. The Balaban J connectivity index is 1.48. The lowest BCUT2D eigenvalue weighted by Gasteiger charge is -2.33. The molecule has 0 saturated carbocycles. The number of hydrogen-bond donors (Lipinski definition) is 1. The number of nitrogens with one attached hydrogen (secondary N) is 1. The van der Waals surface area contributed by atoms with Crippen LogP contribution in [0.4, 0.5) is 5.82 Å². The predicted molar refractivity (Wildman–Crippen MR) is 93.3 cm³/mol. The number of thiophene rings is 1. The molecule has 0 amide bonds. The Bertz CT molecular complexity index is 562. The zero-order valence-electron chi connectivity index (χ0n) is 11.6. The summed E-state index contributed by atoms with van der Waals surface area (Å²) < 4.78 is 1.83. The van der Waals surface area contributed by atoms with Gasteiger partial charge in [-0.25, -0.2) is 4.98 Å². The van der Waals surface area contributed by atoms with E-state index in [-0.39, 0.29) is 0 Å². The lowest BCUT2D eigenvalue weighted by molar-refractivity contribution is 0.414. The standard InChI is InChI=1S/C15H17BrClN3S/c16-13-9-12(21-15(13)17)10-19-11-4-7-20(8-5-11)14-3-1-2-6-18-14/h1-3,6,9,11,19H,4-5,7-8,10H2. The molecule has 0 spiro atoms. The van der Waals surface area contributed by atoms with Crippen LogP contribution in [0.2, 0.25) is 4.34 Å². The average molecular weight is 387 g/mol. The molecule has 0 aromatic carbocycles. The van der Waals surface area contributed by atoms with Gasteiger partial charge in [-0.15, -0.1) is 11.3 Å². The average Bonchev–Trinajstić information content (AvgIpc) is 2.85. The van der Waals surface area contributed by atoms with E-state index in [0.29, 0.717) is 6.04 Å². The van der Waals surface area contributed by atoms with E-state index in [0.717, 1.165) is 47.1 Å². The first kappa shape index (κ1) is 15.3. The quantitative estimate of drug-likeness (QED) is 0.848. The van der Waals surface area contributed by atoms with Crippen molar-refractivity contribution in [3.63, 3.8) is 0 Å². The lowest BCUT2D eigenvalue weighted by Crippen LogP contribution is -2.42. The normalized spacial score (nSPS) is 16.4. The van der Waals surface area contributed by atoms with Crippen molar-refractivity contribution in [1.82, 2.24) is 10.3 Å². The number of halogens is 2. The largest absolute Gasteiger partial charge is 0.357 e. The number of anilines is 1. The molecule has 1 saturated heterocycles. The number of nitrogens with zero attached hydrogens (tertiary/aromatic N) is 2. The molecule has 2 aromatic heterocycles. The topological polar surface area (TPSA) is 28.2 Å². The fourth-order valence-corrected chi connectivity index (χ4v) is 4.32. The van der Waals surface area contributed by atoms with E-state index in [2.05, 4.69) is 43.3 Å². The highest BCUT2D eigenvalue weighted by molar-refractivity contribution is 9.10. The third kappa shape index (κ3) is 3.97. The minimum absolute atomic E-state index is 0.574. The molecule has 0 atom stereocenters. The maximum atomic E-state index is 6.07. The summed E-state index contributed by atoms with van der Waals surface area (Å²) in [5.74, 6) is 1.09. The number of pyridine rings is 1. The summed E-state index contributed by atoms with van der Waals surface area (Å²) in [5.41, 5.74) is 0. The lowest BCUT2D eigenvalue weighted by atomic mass is 10.1. The first-order valence-corrected chi connectivity index (χ1v) is 9.04. The van der Waals surface area contributed by atoms with Crippen LogP contribution in [0.15, 0.2) is 34.9 Å². The van der Waals surface area contributed by atoms with Gasteiger partial charge in [-0.1, -0.05) is 17.7 Å². The second-order valence-electron chi connectivity index (χ2n) is 5.16. The van der Waals surface area contributed by atoms with Crippen molar-refractivity contribution < 1.29 is 0 Å². The summed E-state index contributed by atoms with van der Waals surface area (Å²) in [6.07, 6.45) is 4.16. The van der Waals surface area contributed by atoms with Crippen LogP contribution in [0, 0.1) is 0 Å². The SMILES string of the molecule is Clc1sc(CNC2CCN(c3ccccn3)CC2)cc1Br. The maximum absolute atomic E-state index is 6.07. The Hall–Kier alpha value is -0.620. The zero-order chi connectivity index (χ0) is 14.7. The van der Waals surface area contributed by atoms with Gasteiger partial charge in [0.05, 0.1) is 0 Å². The second-order valence-corrected chi connectivity index (χ2v) is 7.76. The molecule has 3 nitrogen and oxygen atoms in total. The highest BCUT2D eigenvalue weighted by Crippen LogP contribution is 2.32. The fraction of sp³-hybridized carbons (Fsp3) is 0.400.